The van der Waals surface area contributed by atoms with Crippen LogP contribution >= 0.6 is 0 Å². The lowest BCUT2D eigenvalue weighted by atomic mass is 9.94. The van der Waals surface area contributed by atoms with E-state index < -0.39 is 11.6 Å². The van der Waals surface area contributed by atoms with Gasteiger partial charge in [0.1, 0.15) is 0 Å². The number of ether oxygens (including phenoxy) is 2. The average Bonchev–Trinajstić information content (AvgIpc) is 3.25. The van der Waals surface area contributed by atoms with Crippen LogP contribution in [0.15, 0.2) is 72.8 Å². The predicted molar refractivity (Wildman–Crippen MR) is 130 cm³/mol. The summed E-state index contributed by atoms with van der Waals surface area (Å²) in [6.45, 7) is 0.178. The Kier molecular flexibility index (Phi) is 5.64. The molecule has 5 rings (SSSR count). The smallest absolute Gasteiger partial charge is 0.271 e. The summed E-state index contributed by atoms with van der Waals surface area (Å²) in [5.41, 5.74) is 0.663. The van der Waals surface area contributed by atoms with Crippen LogP contribution in [0.4, 0.5) is 11.4 Å². The van der Waals surface area contributed by atoms with Crippen molar-refractivity contribution in [2.75, 3.05) is 24.4 Å². The largest absolute Gasteiger partial charge is 0.493 e. The highest BCUT2D eigenvalue weighted by molar-refractivity contribution is 6.18. The molecule has 3 amide bonds. The third-order valence-electron chi connectivity index (χ3n) is 6.56. The van der Waals surface area contributed by atoms with Crippen LogP contribution in [-0.2, 0) is 16.1 Å². The van der Waals surface area contributed by atoms with Crippen molar-refractivity contribution in [1.82, 2.24) is 4.90 Å². The summed E-state index contributed by atoms with van der Waals surface area (Å²) in [5.74, 6) is 0.0138. The van der Waals surface area contributed by atoms with Crippen LogP contribution < -0.4 is 19.7 Å². The molecule has 1 saturated heterocycles. The molecule has 2 heterocycles. The molecule has 0 aromatic heterocycles. The summed E-state index contributed by atoms with van der Waals surface area (Å²) in [6, 6.07) is 21.4. The van der Waals surface area contributed by atoms with Gasteiger partial charge in [-0.3, -0.25) is 19.3 Å². The highest BCUT2D eigenvalue weighted by Gasteiger charge is 2.60. The fourth-order valence-corrected chi connectivity index (χ4v) is 4.91. The summed E-state index contributed by atoms with van der Waals surface area (Å²) in [4.78, 5) is 44.0. The number of nitrogens with zero attached hydrogens (tertiary/aromatic N) is 2. The van der Waals surface area contributed by atoms with Crippen LogP contribution in [0, 0.1) is 0 Å². The van der Waals surface area contributed by atoms with Crippen LogP contribution in [0.3, 0.4) is 0 Å². The van der Waals surface area contributed by atoms with Gasteiger partial charge in [0, 0.05) is 31.1 Å². The fourth-order valence-electron chi connectivity index (χ4n) is 4.91. The molecular formula is C27H25N3O5. The standard InChI is InChI=1S/C27H25N3O5/c1-34-22-13-12-19(16-23(22)35-2)28-26(33)27-15-14-24(31)30(27)21-11-7-6-10-20(21)25(32)29(27)17-18-8-4-3-5-9-18/h3-13,16H,14-15,17H2,1-2H3,(H,28,33)/t27-/m0/s1. The molecule has 3 aromatic rings. The Balaban J connectivity index is 1.61. The monoisotopic (exact) mass is 471 g/mol. The van der Waals surface area contributed by atoms with Crippen LogP contribution in [0.25, 0.3) is 0 Å². The maximum Gasteiger partial charge on any atom is 0.271 e. The van der Waals surface area contributed by atoms with Crippen molar-refractivity contribution >= 4 is 29.1 Å². The Labute approximate surface area is 203 Å². The van der Waals surface area contributed by atoms with Crippen molar-refractivity contribution in [3.05, 3.63) is 83.9 Å². The second-order valence-corrected chi connectivity index (χ2v) is 8.46. The highest BCUT2D eigenvalue weighted by atomic mass is 16.5. The van der Waals surface area contributed by atoms with Crippen LogP contribution in [0.1, 0.15) is 28.8 Å². The van der Waals surface area contributed by atoms with Gasteiger partial charge in [-0.2, -0.15) is 0 Å². The molecule has 3 aromatic carbocycles. The van der Waals surface area contributed by atoms with Gasteiger partial charge in [-0.05, 0) is 29.8 Å². The zero-order chi connectivity index (χ0) is 24.6. The molecule has 0 spiro atoms. The van der Waals surface area contributed by atoms with E-state index >= 15 is 0 Å². The van der Waals surface area contributed by atoms with Gasteiger partial charge in [0.15, 0.2) is 11.5 Å². The van der Waals surface area contributed by atoms with Gasteiger partial charge in [-0.1, -0.05) is 42.5 Å². The summed E-state index contributed by atoms with van der Waals surface area (Å²) in [6.07, 6.45) is 0.324. The summed E-state index contributed by atoms with van der Waals surface area (Å²) in [5, 5.41) is 2.93. The maximum atomic E-state index is 14.1. The molecule has 0 aliphatic carbocycles. The number of amides is 3. The van der Waals surface area contributed by atoms with Gasteiger partial charge in [0.2, 0.25) is 11.6 Å². The molecule has 0 saturated carbocycles. The molecule has 8 nitrogen and oxygen atoms in total. The van der Waals surface area contributed by atoms with Gasteiger partial charge >= 0.3 is 0 Å². The number of carbonyl (C=O) groups is 3. The van der Waals surface area contributed by atoms with E-state index in [1.54, 1.807) is 42.5 Å². The molecular weight excluding hydrogens is 446 g/mol. The highest BCUT2D eigenvalue weighted by Crippen LogP contribution is 2.45. The number of anilines is 2. The molecule has 178 valence electrons. The van der Waals surface area contributed by atoms with E-state index in [0.29, 0.717) is 28.4 Å². The van der Waals surface area contributed by atoms with Crippen molar-refractivity contribution in [3.8, 4) is 11.5 Å². The quantitative estimate of drug-likeness (QED) is 0.591. The normalized spacial score (nSPS) is 18.7. The minimum Gasteiger partial charge on any atom is -0.493 e. The zero-order valence-corrected chi connectivity index (χ0v) is 19.5. The van der Waals surface area contributed by atoms with Crippen molar-refractivity contribution in [2.24, 2.45) is 0 Å². The molecule has 8 heteroatoms. The van der Waals surface area contributed by atoms with E-state index in [4.69, 9.17) is 9.47 Å². The summed E-state index contributed by atoms with van der Waals surface area (Å²) < 4.78 is 10.7. The van der Waals surface area contributed by atoms with E-state index in [-0.39, 0.29) is 31.2 Å². The minimum atomic E-state index is -1.51. The van der Waals surface area contributed by atoms with E-state index in [2.05, 4.69) is 5.32 Å². The molecule has 0 unspecified atom stereocenters. The van der Waals surface area contributed by atoms with Crippen molar-refractivity contribution in [1.29, 1.82) is 0 Å². The first kappa shape index (κ1) is 22.5. The lowest BCUT2D eigenvalue weighted by Gasteiger charge is -2.49. The summed E-state index contributed by atoms with van der Waals surface area (Å²) >= 11 is 0. The van der Waals surface area contributed by atoms with Gasteiger partial charge < -0.3 is 19.7 Å². The van der Waals surface area contributed by atoms with Gasteiger partial charge in [-0.15, -0.1) is 0 Å². The van der Waals surface area contributed by atoms with E-state index in [0.717, 1.165) is 5.56 Å². The number of fused-ring (bicyclic) bond motifs is 3. The lowest BCUT2D eigenvalue weighted by molar-refractivity contribution is -0.129. The second kappa shape index (κ2) is 8.79. The topological polar surface area (TPSA) is 88.2 Å². The van der Waals surface area contributed by atoms with Crippen LogP contribution in [0.2, 0.25) is 0 Å². The van der Waals surface area contributed by atoms with Crippen LogP contribution in [0.5, 0.6) is 11.5 Å². The Bertz CT molecular complexity index is 1310. The number of hydrogen-bond donors (Lipinski definition) is 1. The number of methoxy groups -OCH3 is 2. The first-order chi connectivity index (χ1) is 17.0. The fraction of sp³-hybridized carbons (Fsp3) is 0.222. The molecule has 1 N–H and O–H groups in total. The van der Waals surface area contributed by atoms with Gasteiger partial charge in [-0.25, -0.2) is 0 Å². The van der Waals surface area contributed by atoms with Crippen molar-refractivity contribution in [3.63, 3.8) is 0 Å². The maximum absolute atomic E-state index is 14.1. The Morgan fingerprint density at radius 2 is 1.66 bits per heavy atom. The van der Waals surface area contributed by atoms with Gasteiger partial charge in [0.05, 0.1) is 25.5 Å². The van der Waals surface area contributed by atoms with E-state index in [1.165, 1.54) is 24.0 Å². The van der Waals surface area contributed by atoms with Crippen molar-refractivity contribution in [2.45, 2.75) is 25.0 Å². The lowest BCUT2D eigenvalue weighted by Crippen LogP contribution is -2.69. The zero-order valence-electron chi connectivity index (χ0n) is 19.5. The van der Waals surface area contributed by atoms with Crippen molar-refractivity contribution < 1.29 is 23.9 Å². The van der Waals surface area contributed by atoms with Gasteiger partial charge in [0.25, 0.3) is 11.8 Å². The summed E-state index contributed by atoms with van der Waals surface area (Å²) in [7, 11) is 3.04. The predicted octanol–water partition coefficient (Wildman–Crippen LogP) is 3.82. The molecule has 0 bridgehead atoms. The SMILES string of the molecule is COc1ccc(NC(=O)[C@]23CCC(=O)N2c2ccccc2C(=O)N3Cc2ccccc2)cc1OC. The first-order valence-corrected chi connectivity index (χ1v) is 11.3. The first-order valence-electron chi connectivity index (χ1n) is 11.3. The number of benzene rings is 3. The second-order valence-electron chi connectivity index (χ2n) is 8.46. The number of nitrogens with one attached hydrogen (secondary N) is 1. The Hall–Kier alpha value is -4.33. The number of para-hydroxylation sites is 1. The Morgan fingerprint density at radius 3 is 2.40 bits per heavy atom. The average molecular weight is 472 g/mol. The molecule has 0 radical (unpaired) electrons. The molecule has 1 atom stereocenters. The molecule has 35 heavy (non-hydrogen) atoms. The third-order valence-corrected chi connectivity index (χ3v) is 6.56. The molecule has 1 fully saturated rings. The molecule has 2 aliphatic heterocycles. The minimum absolute atomic E-state index is 0.145. The van der Waals surface area contributed by atoms with E-state index in [9.17, 15) is 14.4 Å². The number of carbonyl (C=O) groups excluding carboxylic acids is 3. The number of hydrogen-bond acceptors (Lipinski definition) is 5. The number of rotatable bonds is 6. The van der Waals surface area contributed by atoms with E-state index in [1.807, 2.05) is 30.3 Å². The Morgan fingerprint density at radius 1 is 0.943 bits per heavy atom. The third kappa shape index (κ3) is 3.58. The molecule has 2 aliphatic rings. The van der Waals surface area contributed by atoms with Crippen LogP contribution in [-0.4, -0.2) is 42.5 Å².